The van der Waals surface area contributed by atoms with Crippen LogP contribution in [0.3, 0.4) is 0 Å². The van der Waals surface area contributed by atoms with Crippen LogP contribution < -0.4 is 0 Å². The van der Waals surface area contributed by atoms with Crippen LogP contribution in [-0.4, -0.2) is 265 Å². The highest BCUT2D eigenvalue weighted by molar-refractivity contribution is 6.15. The van der Waals surface area contributed by atoms with Gasteiger partial charge in [-0.3, -0.25) is 0 Å². The number of rotatable bonds is 4. The van der Waals surface area contributed by atoms with Crippen LogP contribution in [0.25, 0.3) is 44.5 Å². The molecule has 1 saturated heterocycles. The molecule has 0 amide bonds. The van der Waals surface area contributed by atoms with Crippen molar-refractivity contribution in [2.24, 2.45) is 0 Å². The fourth-order valence-electron chi connectivity index (χ4n) is 14.9. The van der Waals surface area contributed by atoms with Crippen molar-refractivity contribution in [2.75, 3.05) is 13.2 Å². The summed E-state index contributed by atoms with van der Waals surface area (Å²) >= 11 is 0. The number of aliphatic hydroxyl groups is 1. The molecule has 6 heterocycles. The molecule has 122 heavy (non-hydrogen) atoms. The van der Waals surface area contributed by atoms with Gasteiger partial charge in [-0.15, -0.1) is 0 Å². The zero-order valence-electron chi connectivity index (χ0n) is 59.6. The summed E-state index contributed by atoms with van der Waals surface area (Å²) in [5.41, 5.74) is -28.8. The molecule has 15 rings (SSSR count). The maximum atomic E-state index is 16.3. The molecule has 1 fully saturated rings. The highest BCUT2D eigenvalue weighted by Crippen LogP contribution is 2.65. The molecule has 28 N–H and O–H groups in total. The fourth-order valence-corrected chi connectivity index (χ4v) is 14.9. The first-order valence-corrected chi connectivity index (χ1v) is 34.1. The van der Waals surface area contributed by atoms with E-state index in [1.54, 1.807) is 0 Å². The molecular weight excluding hydrogens is 1650 g/mol. The lowest BCUT2D eigenvalue weighted by Gasteiger charge is -2.43. The van der Waals surface area contributed by atoms with Crippen molar-refractivity contribution in [1.82, 2.24) is 0 Å². The molecular formula is C75H50O47. The third-order valence-corrected chi connectivity index (χ3v) is 20.5. The standard InChI is InChI=1S/C75H50O47/c76-18-1-11(2-19(77)41(18)84)66(103)115-26-9-113-67(104)12-3-20(78)42(85)48(91)28(12)29-13(4-21(79)43(86)49(29)92)68(105)117-60(26)63-62-38(37-40(74(111)119-62)35(55(98)59(102)57(37)100)33-17(71(108)120-63)8-25(83)47(90)53(33)96)36-39-34(54(97)58(101)56(36)99)32-16(7-24(82)46(89)52(32)95)69(106)118-61-27(10-114-73(39)110)116-75(112)65-64(61)121-70(107)14-5-22(80)44(87)50(93)30(14)31-15(72(109)122-65)6-23(81)45(88)51(31)94/h1-8,26-27,38,60-65,75-102,112H,9-10H2/t26-,27+,38-,60+,61+,62-,63-,64-,65+,75+/m0/s1. The zero-order chi connectivity index (χ0) is 88.7. The van der Waals surface area contributed by atoms with Crippen LogP contribution in [0.15, 0.2) is 48.5 Å². The molecule has 0 saturated carbocycles. The Kier molecular flexibility index (Phi) is 18.3. The Bertz CT molecular complexity index is 6290. The van der Waals surface area contributed by atoms with Crippen molar-refractivity contribution < 1.29 is 234 Å². The maximum absolute atomic E-state index is 16.3. The molecule has 2 bridgehead atoms. The molecule has 0 aliphatic carbocycles. The van der Waals surface area contributed by atoms with E-state index in [0.29, 0.717) is 18.2 Å². The average Bonchev–Trinajstić information content (AvgIpc) is 0.719. The number of ether oxygens (including phenoxy) is 10. The topological polar surface area (TPSA) is 812 Å². The van der Waals surface area contributed by atoms with Gasteiger partial charge in [-0.05, 0) is 48.5 Å². The SMILES string of the molecule is O=C(O[C@H]1COC(=O)c2cc(O)c(O)c(O)c2-c2c(cc(O)c(O)c2O)C(=O)O[C@H]1[C@@H]1OC(=O)c2cc(O)c(O)c(O)c2-c2c(O)c(O)c(O)c3c2C(=O)O[C@H]1[C@H]3c1c(O)c(O)c(O)c2c1C(=O)OC[C@H]1O[C@@H](O)[C@@H]3OC(=O)c4cc(O)c(O)c(O)c4-c4c(cc(O)c(O)c4O)C(=O)O[C@H]3[C@@H]1OC(=O)c1cc(O)c(O)c(O)c1-2)c1cc(O)c(O)c(O)c1. The number of aromatic hydroxyl groups is 27. The van der Waals surface area contributed by atoms with Gasteiger partial charge >= 0.3 is 53.7 Å². The molecule has 0 radical (unpaired) electrons. The van der Waals surface area contributed by atoms with Crippen LogP contribution in [-0.2, 0) is 47.4 Å². The largest absolute Gasteiger partial charge is 0.504 e. The number of benzene rings is 9. The minimum Gasteiger partial charge on any atom is -0.504 e. The van der Waals surface area contributed by atoms with E-state index in [2.05, 4.69) is 0 Å². The summed E-state index contributed by atoms with van der Waals surface area (Å²) in [6.07, 6.45) is -27.4. The summed E-state index contributed by atoms with van der Waals surface area (Å²) in [5, 5.41) is 321. The quantitative estimate of drug-likeness (QED) is 0.0683. The normalized spacial score (nSPS) is 21.0. The molecule has 47 heteroatoms. The van der Waals surface area contributed by atoms with E-state index < -0.39 is 389 Å². The first-order chi connectivity index (χ1) is 57.4. The lowest BCUT2D eigenvalue weighted by atomic mass is 9.72. The molecule has 9 aromatic rings. The lowest BCUT2D eigenvalue weighted by molar-refractivity contribution is -0.284. The van der Waals surface area contributed by atoms with Gasteiger partial charge in [-0.1, -0.05) is 0 Å². The molecule has 6 aliphatic rings. The first kappa shape index (κ1) is 79.9. The van der Waals surface area contributed by atoms with E-state index in [9.17, 15) is 162 Å². The van der Waals surface area contributed by atoms with Gasteiger partial charge in [-0.25, -0.2) is 43.2 Å². The van der Waals surface area contributed by atoms with Crippen molar-refractivity contribution in [1.29, 1.82) is 0 Å². The average molecular weight is 1700 g/mol. The minimum absolute atomic E-state index is 0.0835. The predicted octanol–water partition coefficient (Wildman–Crippen LogP) is 2.41. The van der Waals surface area contributed by atoms with E-state index in [0.717, 1.165) is 0 Å². The number of hydrogen-bond acceptors (Lipinski definition) is 47. The van der Waals surface area contributed by atoms with Crippen molar-refractivity contribution >= 4 is 53.7 Å². The third kappa shape index (κ3) is 11.8. The molecule has 0 aromatic heterocycles. The van der Waals surface area contributed by atoms with Gasteiger partial charge in [0, 0.05) is 55.6 Å². The highest BCUT2D eigenvalue weighted by atomic mass is 16.7. The van der Waals surface area contributed by atoms with Crippen molar-refractivity contribution in [3.05, 3.63) is 110 Å². The van der Waals surface area contributed by atoms with Crippen molar-refractivity contribution in [3.8, 4) is 200 Å². The van der Waals surface area contributed by atoms with E-state index in [1.807, 2.05) is 0 Å². The number of phenolic OH excluding ortho intramolecular Hbond substituents is 27. The monoisotopic (exact) mass is 1700 g/mol. The highest BCUT2D eigenvalue weighted by Gasteiger charge is 2.59. The van der Waals surface area contributed by atoms with Gasteiger partial charge in [0.25, 0.3) is 0 Å². The number of phenols is 27. The Hall–Kier alpha value is -17.3. The van der Waals surface area contributed by atoms with E-state index in [-0.39, 0.29) is 30.3 Å². The second kappa shape index (κ2) is 28.0. The van der Waals surface area contributed by atoms with E-state index >= 15 is 24.0 Å². The summed E-state index contributed by atoms with van der Waals surface area (Å²) in [4.78, 5) is 138. The summed E-state index contributed by atoms with van der Waals surface area (Å²) in [7, 11) is 0. The van der Waals surface area contributed by atoms with Crippen LogP contribution in [0.2, 0.25) is 0 Å². The van der Waals surface area contributed by atoms with E-state index in [4.69, 9.17) is 47.4 Å². The molecule has 0 unspecified atom stereocenters. The molecule has 632 valence electrons. The predicted molar refractivity (Wildman–Crippen MR) is 377 cm³/mol. The Morgan fingerprint density at radius 3 is 0.910 bits per heavy atom. The van der Waals surface area contributed by atoms with Gasteiger partial charge in [0.2, 0.25) is 46.0 Å². The summed E-state index contributed by atoms with van der Waals surface area (Å²) in [6, 6.07) is 1.86. The van der Waals surface area contributed by atoms with Gasteiger partial charge in [0.15, 0.2) is 158 Å². The number of carbonyl (C=O) groups excluding carboxylic acids is 9. The number of cyclic esters (lactones) is 4. The second-order valence-corrected chi connectivity index (χ2v) is 27.3. The summed E-state index contributed by atoms with van der Waals surface area (Å²) < 4.78 is 57.6. The lowest BCUT2D eigenvalue weighted by Crippen LogP contribution is -2.62. The van der Waals surface area contributed by atoms with Crippen molar-refractivity contribution in [3.63, 3.8) is 0 Å². The Labute approximate surface area is 668 Å². The smallest absolute Gasteiger partial charge is 0.339 e. The number of hydrogen-bond donors (Lipinski definition) is 28. The molecule has 6 aliphatic heterocycles. The molecule has 10 atom stereocenters. The Morgan fingerprint density at radius 1 is 0.262 bits per heavy atom. The van der Waals surface area contributed by atoms with Crippen LogP contribution in [0, 0.1) is 0 Å². The van der Waals surface area contributed by atoms with E-state index in [1.165, 1.54) is 0 Å². The maximum Gasteiger partial charge on any atom is 0.339 e. The van der Waals surface area contributed by atoms with Gasteiger partial charge < -0.3 is 190 Å². The van der Waals surface area contributed by atoms with Crippen LogP contribution in [0.5, 0.6) is 155 Å². The number of carbonyl (C=O) groups is 9. The number of esters is 9. The van der Waals surface area contributed by atoms with Gasteiger partial charge in [-0.2, -0.15) is 0 Å². The Balaban J connectivity index is 1.01. The zero-order valence-corrected chi connectivity index (χ0v) is 59.6. The summed E-state index contributed by atoms with van der Waals surface area (Å²) in [6.45, 7) is -3.72. The number of aliphatic hydroxyl groups excluding tert-OH is 1. The van der Waals surface area contributed by atoms with Gasteiger partial charge in [0.1, 0.15) is 19.3 Å². The first-order valence-electron chi connectivity index (χ1n) is 34.1. The number of fused-ring (bicyclic) bond motifs is 16. The Morgan fingerprint density at radius 2 is 0.541 bits per heavy atom. The summed E-state index contributed by atoms with van der Waals surface area (Å²) in [5.74, 6) is -68.8. The van der Waals surface area contributed by atoms with Crippen LogP contribution in [0.1, 0.15) is 110 Å². The second-order valence-electron chi connectivity index (χ2n) is 27.3. The van der Waals surface area contributed by atoms with Gasteiger partial charge in [0.05, 0.1) is 56.0 Å². The van der Waals surface area contributed by atoms with Crippen molar-refractivity contribution in [2.45, 2.75) is 61.0 Å². The van der Waals surface area contributed by atoms with Crippen LogP contribution >= 0.6 is 0 Å². The molecule has 47 nitrogen and oxygen atoms in total. The fraction of sp³-hybridized carbons (Fsp3) is 0.160. The molecule has 0 spiro atoms. The minimum atomic E-state index is -3.54. The van der Waals surface area contributed by atoms with Crippen LogP contribution in [0.4, 0.5) is 0 Å². The third-order valence-electron chi connectivity index (χ3n) is 20.5. The molecule has 9 aromatic carbocycles.